The van der Waals surface area contributed by atoms with E-state index in [1.807, 2.05) is 18.3 Å². The smallest absolute Gasteiger partial charge is 0.238 e. The Kier molecular flexibility index (Phi) is 4.54. The molecule has 0 atom stereocenters. The number of aryl methyl sites for hydroxylation is 1. The van der Waals surface area contributed by atoms with Crippen molar-refractivity contribution < 1.29 is 8.42 Å². The Labute approximate surface area is 162 Å². The second-order valence-corrected chi connectivity index (χ2v) is 7.74. The number of anilines is 2. The number of fused-ring (bicyclic) bond motifs is 1. The van der Waals surface area contributed by atoms with Crippen molar-refractivity contribution >= 4 is 32.6 Å². The van der Waals surface area contributed by atoms with Crippen LogP contribution in [0.25, 0.3) is 22.2 Å². The average molecular weight is 394 g/mol. The van der Waals surface area contributed by atoms with Crippen LogP contribution in [-0.2, 0) is 16.6 Å². The molecule has 0 amide bonds. The number of hydrogen-bond donors (Lipinski definition) is 2. The number of nitrogens with one attached hydrogen (secondary N) is 1. The van der Waals surface area contributed by atoms with Crippen molar-refractivity contribution in [2.75, 3.05) is 5.32 Å². The minimum atomic E-state index is -3.72. The Morgan fingerprint density at radius 3 is 2.61 bits per heavy atom. The van der Waals surface area contributed by atoms with E-state index < -0.39 is 10.0 Å². The molecular formula is C19H18N6O2S. The molecule has 9 heteroatoms. The van der Waals surface area contributed by atoms with Crippen LogP contribution in [0.5, 0.6) is 0 Å². The molecule has 0 bridgehead atoms. The number of hydrogen-bond acceptors (Lipinski definition) is 6. The highest BCUT2D eigenvalue weighted by Crippen LogP contribution is 2.29. The predicted molar refractivity (Wildman–Crippen MR) is 108 cm³/mol. The van der Waals surface area contributed by atoms with Crippen LogP contribution in [0.1, 0.15) is 6.92 Å². The second-order valence-electron chi connectivity index (χ2n) is 6.18. The van der Waals surface area contributed by atoms with Gasteiger partial charge in [-0.05, 0) is 43.3 Å². The SMILES string of the molecule is CCn1cc(-c2ccnc(Nc3ccc(S(N)(=O)=O)cc3)n2)c2ccncc21. The zero-order chi connectivity index (χ0) is 19.7. The lowest BCUT2D eigenvalue weighted by Gasteiger charge is -2.07. The first-order chi connectivity index (χ1) is 13.5. The summed E-state index contributed by atoms with van der Waals surface area (Å²) in [6.45, 7) is 2.91. The highest BCUT2D eigenvalue weighted by Gasteiger charge is 2.12. The van der Waals surface area contributed by atoms with Gasteiger partial charge in [0.2, 0.25) is 16.0 Å². The van der Waals surface area contributed by atoms with Crippen molar-refractivity contribution in [1.29, 1.82) is 0 Å². The number of primary sulfonamides is 1. The van der Waals surface area contributed by atoms with Crippen LogP contribution in [-0.4, -0.2) is 27.9 Å². The maximum absolute atomic E-state index is 11.4. The van der Waals surface area contributed by atoms with Gasteiger partial charge >= 0.3 is 0 Å². The van der Waals surface area contributed by atoms with Crippen molar-refractivity contribution in [3.05, 3.63) is 61.2 Å². The summed E-state index contributed by atoms with van der Waals surface area (Å²) in [5.74, 6) is 0.410. The molecule has 0 saturated heterocycles. The molecule has 0 radical (unpaired) electrons. The van der Waals surface area contributed by atoms with Crippen LogP contribution in [0.15, 0.2) is 66.1 Å². The van der Waals surface area contributed by atoms with Gasteiger partial charge in [0.15, 0.2) is 0 Å². The van der Waals surface area contributed by atoms with Crippen molar-refractivity contribution in [1.82, 2.24) is 19.5 Å². The summed E-state index contributed by atoms with van der Waals surface area (Å²) in [4.78, 5) is 13.1. The van der Waals surface area contributed by atoms with Crippen LogP contribution in [0.3, 0.4) is 0 Å². The quantitative estimate of drug-likeness (QED) is 0.538. The fourth-order valence-corrected chi connectivity index (χ4v) is 3.54. The minimum Gasteiger partial charge on any atom is -0.346 e. The van der Waals surface area contributed by atoms with Gasteiger partial charge in [0.1, 0.15) is 0 Å². The summed E-state index contributed by atoms with van der Waals surface area (Å²) in [6.07, 6.45) is 7.34. The van der Waals surface area contributed by atoms with Gasteiger partial charge in [-0.1, -0.05) is 0 Å². The van der Waals surface area contributed by atoms with E-state index in [4.69, 9.17) is 5.14 Å². The van der Waals surface area contributed by atoms with Crippen molar-refractivity contribution in [3.63, 3.8) is 0 Å². The molecule has 0 saturated carbocycles. The van der Waals surface area contributed by atoms with Crippen molar-refractivity contribution in [3.8, 4) is 11.3 Å². The Morgan fingerprint density at radius 1 is 1.11 bits per heavy atom. The predicted octanol–water partition coefficient (Wildman–Crippen LogP) is 2.90. The molecule has 0 aliphatic rings. The highest BCUT2D eigenvalue weighted by molar-refractivity contribution is 7.89. The maximum atomic E-state index is 11.4. The van der Waals surface area contributed by atoms with E-state index in [1.165, 1.54) is 12.1 Å². The van der Waals surface area contributed by atoms with Gasteiger partial charge in [0.05, 0.1) is 22.3 Å². The molecule has 28 heavy (non-hydrogen) atoms. The molecule has 0 unspecified atom stereocenters. The molecule has 0 spiro atoms. The summed E-state index contributed by atoms with van der Waals surface area (Å²) >= 11 is 0. The van der Waals surface area contributed by atoms with Gasteiger partial charge in [-0.2, -0.15) is 0 Å². The van der Waals surface area contributed by atoms with Gasteiger partial charge in [0, 0.05) is 41.8 Å². The van der Waals surface area contributed by atoms with E-state index in [1.54, 1.807) is 24.5 Å². The number of benzene rings is 1. The fourth-order valence-electron chi connectivity index (χ4n) is 3.03. The molecule has 0 aliphatic heterocycles. The molecule has 4 rings (SSSR count). The van der Waals surface area contributed by atoms with Gasteiger partial charge in [-0.25, -0.2) is 23.5 Å². The summed E-state index contributed by atoms with van der Waals surface area (Å²) < 4.78 is 24.9. The topological polar surface area (TPSA) is 116 Å². The number of rotatable bonds is 5. The zero-order valence-corrected chi connectivity index (χ0v) is 15.9. The number of aromatic nitrogens is 4. The Morgan fingerprint density at radius 2 is 1.89 bits per heavy atom. The molecule has 4 aromatic rings. The van der Waals surface area contributed by atoms with Gasteiger partial charge < -0.3 is 9.88 Å². The van der Waals surface area contributed by atoms with Gasteiger partial charge in [0.25, 0.3) is 0 Å². The first-order valence-corrected chi connectivity index (χ1v) is 10.2. The zero-order valence-electron chi connectivity index (χ0n) is 15.1. The fraction of sp³-hybridized carbons (Fsp3) is 0.105. The van der Waals surface area contributed by atoms with E-state index in [9.17, 15) is 8.42 Å². The molecule has 3 heterocycles. The maximum Gasteiger partial charge on any atom is 0.238 e. The second kappa shape index (κ2) is 7.02. The number of nitrogens with zero attached hydrogens (tertiary/aromatic N) is 4. The third-order valence-electron chi connectivity index (χ3n) is 4.40. The molecule has 8 nitrogen and oxygen atoms in total. The first-order valence-electron chi connectivity index (χ1n) is 8.62. The number of nitrogens with two attached hydrogens (primary N) is 1. The lowest BCUT2D eigenvalue weighted by molar-refractivity contribution is 0.598. The monoisotopic (exact) mass is 394 g/mol. The molecule has 0 fully saturated rings. The van der Waals surface area contributed by atoms with Crippen LogP contribution < -0.4 is 10.5 Å². The third-order valence-corrected chi connectivity index (χ3v) is 5.33. The third kappa shape index (κ3) is 3.45. The molecule has 142 valence electrons. The van der Waals surface area contributed by atoms with Crippen LogP contribution in [0, 0.1) is 0 Å². The Balaban J connectivity index is 1.67. The average Bonchev–Trinajstić information content (AvgIpc) is 3.07. The Bertz CT molecular complexity index is 1250. The van der Waals surface area contributed by atoms with E-state index >= 15 is 0 Å². The molecule has 3 aromatic heterocycles. The van der Waals surface area contributed by atoms with E-state index in [2.05, 4.69) is 38.0 Å². The highest BCUT2D eigenvalue weighted by atomic mass is 32.2. The van der Waals surface area contributed by atoms with Crippen molar-refractivity contribution in [2.24, 2.45) is 5.14 Å². The van der Waals surface area contributed by atoms with Gasteiger partial charge in [-0.15, -0.1) is 0 Å². The Hall–Kier alpha value is -3.30. The normalized spacial score (nSPS) is 11.6. The molecule has 3 N–H and O–H groups in total. The van der Waals surface area contributed by atoms with Crippen LogP contribution in [0.2, 0.25) is 0 Å². The summed E-state index contributed by atoms with van der Waals surface area (Å²) in [5, 5.41) is 9.28. The summed E-state index contributed by atoms with van der Waals surface area (Å²) in [7, 11) is -3.72. The summed E-state index contributed by atoms with van der Waals surface area (Å²) in [6, 6.07) is 9.92. The molecular weight excluding hydrogens is 376 g/mol. The lowest BCUT2D eigenvalue weighted by Crippen LogP contribution is -2.11. The summed E-state index contributed by atoms with van der Waals surface area (Å²) in [5.41, 5.74) is 3.48. The standard InChI is InChI=1S/C19H18N6O2S/c1-2-25-12-16(15-7-9-21-11-18(15)25)17-8-10-22-19(24-17)23-13-3-5-14(6-4-13)28(20,26)27/h3-12H,2H2,1H3,(H2,20,26,27)(H,22,23,24). The van der Waals surface area contributed by atoms with Gasteiger partial charge in [-0.3, -0.25) is 4.98 Å². The number of pyridine rings is 1. The van der Waals surface area contributed by atoms with E-state index in [-0.39, 0.29) is 4.90 Å². The van der Waals surface area contributed by atoms with Crippen LogP contribution in [0.4, 0.5) is 11.6 Å². The van der Waals surface area contributed by atoms with Crippen molar-refractivity contribution in [2.45, 2.75) is 18.4 Å². The number of sulfonamides is 1. The van der Waals surface area contributed by atoms with Crippen LogP contribution >= 0.6 is 0 Å². The minimum absolute atomic E-state index is 0.0497. The van der Waals surface area contributed by atoms with E-state index in [0.29, 0.717) is 11.6 Å². The molecule has 0 aliphatic carbocycles. The molecule has 1 aromatic carbocycles. The first kappa shape index (κ1) is 18.1. The largest absolute Gasteiger partial charge is 0.346 e. The lowest BCUT2D eigenvalue weighted by atomic mass is 10.1. The van der Waals surface area contributed by atoms with E-state index in [0.717, 1.165) is 28.7 Å².